The highest BCUT2D eigenvalue weighted by Crippen LogP contribution is 2.12. The molecule has 1 fully saturated rings. The lowest BCUT2D eigenvalue weighted by Crippen LogP contribution is -2.42. The number of carbonyl (C=O) groups excluding carboxylic acids is 1. The first-order chi connectivity index (χ1) is 9.13. The van der Waals surface area contributed by atoms with E-state index in [1.807, 2.05) is 13.8 Å². The lowest BCUT2D eigenvalue weighted by Gasteiger charge is -2.23. The molecule has 0 amide bonds. The topological polar surface area (TPSA) is 56.8 Å². The van der Waals surface area contributed by atoms with Crippen molar-refractivity contribution >= 4 is 5.97 Å². The van der Waals surface area contributed by atoms with E-state index in [9.17, 15) is 4.79 Å². The van der Waals surface area contributed by atoms with Crippen molar-refractivity contribution in [2.75, 3.05) is 26.9 Å². The van der Waals surface area contributed by atoms with E-state index >= 15 is 0 Å². The molecule has 5 nitrogen and oxygen atoms in total. The second-order valence-corrected chi connectivity index (χ2v) is 5.25. The van der Waals surface area contributed by atoms with Crippen LogP contribution in [0.3, 0.4) is 0 Å². The van der Waals surface area contributed by atoms with Gasteiger partial charge in [0.25, 0.3) is 0 Å². The molecule has 1 saturated heterocycles. The fraction of sp³-hybridized carbons (Fsp3) is 0.929. The summed E-state index contributed by atoms with van der Waals surface area (Å²) in [5.41, 5.74) is 0. The summed E-state index contributed by atoms with van der Waals surface area (Å²) < 4.78 is 16.0. The van der Waals surface area contributed by atoms with Gasteiger partial charge in [0, 0.05) is 19.3 Å². The van der Waals surface area contributed by atoms with Crippen LogP contribution in [0.2, 0.25) is 0 Å². The Hall–Kier alpha value is -0.650. The van der Waals surface area contributed by atoms with E-state index in [1.54, 1.807) is 0 Å². The monoisotopic (exact) mass is 273 g/mol. The smallest absolute Gasteiger partial charge is 0.322 e. The molecule has 0 aromatic rings. The van der Waals surface area contributed by atoms with Crippen LogP contribution in [0.1, 0.15) is 39.5 Å². The highest BCUT2D eigenvalue weighted by Gasteiger charge is 2.20. The normalized spacial score (nSPS) is 21.4. The first-order valence-corrected chi connectivity index (χ1v) is 7.16. The van der Waals surface area contributed by atoms with Crippen molar-refractivity contribution in [3.8, 4) is 0 Å². The second kappa shape index (κ2) is 9.28. The molecule has 0 bridgehead atoms. The summed E-state index contributed by atoms with van der Waals surface area (Å²) in [5.74, 6) is -0.230. The van der Waals surface area contributed by atoms with E-state index in [4.69, 9.17) is 14.2 Å². The molecule has 19 heavy (non-hydrogen) atoms. The van der Waals surface area contributed by atoms with E-state index in [-0.39, 0.29) is 24.2 Å². The summed E-state index contributed by atoms with van der Waals surface area (Å²) in [6.07, 6.45) is 4.29. The number of hydrogen-bond acceptors (Lipinski definition) is 5. The predicted molar refractivity (Wildman–Crippen MR) is 73.1 cm³/mol. The van der Waals surface area contributed by atoms with Gasteiger partial charge < -0.3 is 19.5 Å². The van der Waals surface area contributed by atoms with Gasteiger partial charge >= 0.3 is 5.97 Å². The minimum atomic E-state index is -0.294. The first kappa shape index (κ1) is 16.4. The molecule has 0 aromatic heterocycles. The maximum Gasteiger partial charge on any atom is 0.322 e. The van der Waals surface area contributed by atoms with Gasteiger partial charge in [-0.1, -0.05) is 13.8 Å². The fourth-order valence-electron chi connectivity index (χ4n) is 2.17. The SMILES string of the molecule is COC(=O)C(CCOCC1CCCCO1)NC(C)C. The molecule has 1 N–H and O–H groups in total. The maximum absolute atomic E-state index is 11.6. The first-order valence-electron chi connectivity index (χ1n) is 7.16. The Morgan fingerprint density at radius 1 is 1.42 bits per heavy atom. The largest absolute Gasteiger partial charge is 0.468 e. The van der Waals surface area contributed by atoms with E-state index in [0.29, 0.717) is 19.6 Å². The zero-order valence-corrected chi connectivity index (χ0v) is 12.3. The number of nitrogens with one attached hydrogen (secondary N) is 1. The molecule has 1 rings (SSSR count). The molecule has 112 valence electrons. The Morgan fingerprint density at radius 3 is 2.79 bits per heavy atom. The summed E-state index contributed by atoms with van der Waals surface area (Å²) in [6.45, 7) is 6.02. The standard InChI is InChI=1S/C14H27NO4/c1-11(2)15-13(14(16)17-3)7-9-18-10-12-6-4-5-8-19-12/h11-13,15H,4-10H2,1-3H3. The third-order valence-electron chi connectivity index (χ3n) is 3.15. The van der Waals surface area contributed by atoms with Gasteiger partial charge in [0.2, 0.25) is 0 Å². The molecule has 0 saturated carbocycles. The van der Waals surface area contributed by atoms with Crippen molar-refractivity contribution < 1.29 is 19.0 Å². The van der Waals surface area contributed by atoms with E-state index < -0.39 is 0 Å². The zero-order valence-electron chi connectivity index (χ0n) is 12.3. The number of hydrogen-bond donors (Lipinski definition) is 1. The summed E-state index contributed by atoms with van der Waals surface area (Å²) in [6, 6.07) is -0.0527. The number of carbonyl (C=O) groups is 1. The van der Waals surface area contributed by atoms with Crippen LogP contribution in [0.4, 0.5) is 0 Å². The van der Waals surface area contributed by atoms with Crippen LogP contribution in [-0.4, -0.2) is 51.1 Å². The quantitative estimate of drug-likeness (QED) is 0.536. The van der Waals surface area contributed by atoms with Crippen molar-refractivity contribution in [2.24, 2.45) is 0 Å². The Labute approximate surface area is 116 Å². The molecular weight excluding hydrogens is 246 g/mol. The lowest BCUT2D eigenvalue weighted by molar-refractivity contribution is -0.144. The summed E-state index contributed by atoms with van der Waals surface area (Å²) in [7, 11) is 1.41. The van der Waals surface area contributed by atoms with Gasteiger partial charge in [0.15, 0.2) is 0 Å². The average molecular weight is 273 g/mol. The van der Waals surface area contributed by atoms with E-state index in [1.165, 1.54) is 13.5 Å². The molecule has 0 radical (unpaired) electrons. The number of esters is 1. The minimum Gasteiger partial charge on any atom is -0.468 e. The van der Waals surface area contributed by atoms with E-state index in [2.05, 4.69) is 5.32 Å². The van der Waals surface area contributed by atoms with Gasteiger partial charge in [0.1, 0.15) is 6.04 Å². The Kier molecular flexibility index (Phi) is 8.02. The zero-order chi connectivity index (χ0) is 14.1. The van der Waals surface area contributed by atoms with Crippen LogP contribution < -0.4 is 5.32 Å². The predicted octanol–water partition coefficient (Wildman–Crippen LogP) is 1.50. The third kappa shape index (κ3) is 6.89. The van der Waals surface area contributed by atoms with Crippen LogP contribution >= 0.6 is 0 Å². The molecule has 1 aliphatic heterocycles. The third-order valence-corrected chi connectivity index (χ3v) is 3.15. The number of ether oxygens (including phenoxy) is 3. The maximum atomic E-state index is 11.6. The Bertz CT molecular complexity index is 252. The molecule has 2 unspecified atom stereocenters. The second-order valence-electron chi connectivity index (χ2n) is 5.25. The van der Waals surface area contributed by atoms with Crippen LogP contribution in [0, 0.1) is 0 Å². The van der Waals surface area contributed by atoms with Gasteiger partial charge in [-0.15, -0.1) is 0 Å². The summed E-state index contributed by atoms with van der Waals surface area (Å²) >= 11 is 0. The molecule has 0 aliphatic carbocycles. The van der Waals surface area contributed by atoms with Crippen molar-refractivity contribution in [3.63, 3.8) is 0 Å². The Balaban J connectivity index is 2.17. The molecule has 2 atom stereocenters. The van der Waals surface area contributed by atoms with Crippen LogP contribution in [0.25, 0.3) is 0 Å². The van der Waals surface area contributed by atoms with Crippen molar-refractivity contribution in [2.45, 2.75) is 57.7 Å². The number of rotatable bonds is 8. The van der Waals surface area contributed by atoms with Crippen molar-refractivity contribution in [1.29, 1.82) is 0 Å². The van der Waals surface area contributed by atoms with Gasteiger partial charge in [-0.3, -0.25) is 4.79 Å². The molecule has 0 spiro atoms. The van der Waals surface area contributed by atoms with Crippen LogP contribution in [-0.2, 0) is 19.0 Å². The summed E-state index contributed by atoms with van der Waals surface area (Å²) in [4.78, 5) is 11.6. The Morgan fingerprint density at radius 2 is 2.21 bits per heavy atom. The molecular formula is C14H27NO4. The highest BCUT2D eigenvalue weighted by atomic mass is 16.5. The van der Waals surface area contributed by atoms with Crippen LogP contribution in [0.15, 0.2) is 0 Å². The average Bonchev–Trinajstić information content (AvgIpc) is 2.42. The van der Waals surface area contributed by atoms with Crippen molar-refractivity contribution in [1.82, 2.24) is 5.32 Å². The van der Waals surface area contributed by atoms with Crippen molar-refractivity contribution in [3.05, 3.63) is 0 Å². The van der Waals surface area contributed by atoms with Gasteiger partial charge in [-0.25, -0.2) is 0 Å². The van der Waals surface area contributed by atoms with Gasteiger partial charge in [0.05, 0.1) is 19.8 Å². The molecule has 5 heteroatoms. The highest BCUT2D eigenvalue weighted by molar-refractivity contribution is 5.75. The summed E-state index contributed by atoms with van der Waals surface area (Å²) in [5, 5.41) is 3.18. The minimum absolute atomic E-state index is 0.225. The van der Waals surface area contributed by atoms with Crippen LogP contribution in [0.5, 0.6) is 0 Å². The van der Waals surface area contributed by atoms with Gasteiger partial charge in [-0.05, 0) is 25.7 Å². The number of methoxy groups -OCH3 is 1. The lowest BCUT2D eigenvalue weighted by atomic mass is 10.1. The van der Waals surface area contributed by atoms with Gasteiger partial charge in [-0.2, -0.15) is 0 Å². The molecule has 0 aromatic carbocycles. The fourth-order valence-corrected chi connectivity index (χ4v) is 2.17. The molecule has 1 aliphatic rings. The van der Waals surface area contributed by atoms with E-state index in [0.717, 1.165) is 19.4 Å². The molecule has 1 heterocycles.